The maximum Gasteiger partial charge on any atom is 0.334 e. The van der Waals surface area contributed by atoms with E-state index in [2.05, 4.69) is 21.3 Å². The van der Waals surface area contributed by atoms with Crippen LogP contribution in [0.5, 0.6) is 0 Å². The number of aromatic nitrogens is 4. The van der Waals surface area contributed by atoms with E-state index in [0.717, 1.165) is 52.0 Å². The molecule has 3 aromatic rings. The molecule has 3 aliphatic rings. The molecule has 2 aliphatic heterocycles. The molecule has 0 amide bonds. The Labute approximate surface area is 232 Å². The number of nitrogens with one attached hydrogen (secondary N) is 1. The molecular formula is C29H34FN7O3. The number of anilines is 1. The highest BCUT2D eigenvalue weighted by atomic mass is 19.1. The molecule has 4 heterocycles. The van der Waals surface area contributed by atoms with E-state index in [1.165, 1.54) is 16.7 Å². The highest BCUT2D eigenvalue weighted by Gasteiger charge is 2.30. The van der Waals surface area contributed by atoms with Gasteiger partial charge in [-0.1, -0.05) is 0 Å². The van der Waals surface area contributed by atoms with E-state index in [9.17, 15) is 14.4 Å². The second-order valence-electron chi connectivity index (χ2n) is 10.7. The van der Waals surface area contributed by atoms with Gasteiger partial charge in [0.25, 0.3) is 0 Å². The second kappa shape index (κ2) is 11.9. The Morgan fingerprint density at radius 2 is 1.62 bits per heavy atom. The van der Waals surface area contributed by atoms with Crippen molar-refractivity contribution in [3.05, 3.63) is 58.5 Å². The van der Waals surface area contributed by atoms with Crippen molar-refractivity contribution in [3.8, 4) is 23.1 Å². The van der Waals surface area contributed by atoms with Crippen molar-refractivity contribution in [1.29, 1.82) is 5.26 Å². The number of nitrogens with zero attached hydrogens (tertiary/aromatic N) is 6. The molecule has 10 nitrogen and oxygen atoms in total. The maximum atomic E-state index is 13.9. The van der Waals surface area contributed by atoms with Gasteiger partial charge in [0.15, 0.2) is 5.69 Å². The largest absolute Gasteiger partial charge is 0.381 e. The van der Waals surface area contributed by atoms with Gasteiger partial charge in [0.1, 0.15) is 17.6 Å². The topological polar surface area (TPSA) is 110 Å². The van der Waals surface area contributed by atoms with Crippen LogP contribution in [-0.2, 0) is 9.47 Å². The summed E-state index contributed by atoms with van der Waals surface area (Å²) in [5.41, 5.74) is 1.20. The predicted octanol–water partition coefficient (Wildman–Crippen LogP) is 3.51. The van der Waals surface area contributed by atoms with E-state index in [-0.39, 0.29) is 23.5 Å². The molecule has 0 spiro atoms. The Morgan fingerprint density at radius 3 is 2.33 bits per heavy atom. The van der Waals surface area contributed by atoms with E-state index >= 15 is 0 Å². The van der Waals surface area contributed by atoms with Gasteiger partial charge in [0, 0.05) is 50.6 Å². The van der Waals surface area contributed by atoms with E-state index in [0.29, 0.717) is 55.1 Å². The lowest BCUT2D eigenvalue weighted by Crippen LogP contribution is -2.46. The van der Waals surface area contributed by atoms with Crippen molar-refractivity contribution in [1.82, 2.24) is 24.0 Å². The average Bonchev–Trinajstić information content (AvgIpc) is 3.31. The molecule has 0 atom stereocenters. The highest BCUT2D eigenvalue weighted by molar-refractivity contribution is 5.66. The predicted molar refractivity (Wildman–Crippen MR) is 147 cm³/mol. The smallest absolute Gasteiger partial charge is 0.334 e. The molecule has 0 bridgehead atoms. The fourth-order valence-electron chi connectivity index (χ4n) is 6.24. The number of hydrogen-bond donors (Lipinski definition) is 1. The van der Waals surface area contributed by atoms with E-state index < -0.39 is 5.82 Å². The first kappa shape index (κ1) is 26.6. The minimum atomic E-state index is -0.403. The minimum absolute atomic E-state index is 0.169. The number of hydrogen-bond acceptors (Lipinski definition) is 8. The van der Waals surface area contributed by atoms with Crippen LogP contribution in [0.15, 0.2) is 41.3 Å². The normalized spacial score (nSPS) is 22.6. The van der Waals surface area contributed by atoms with Gasteiger partial charge in [-0.05, 0) is 68.9 Å². The molecule has 11 heteroatoms. The summed E-state index contributed by atoms with van der Waals surface area (Å²) in [6.45, 7) is 4.66. The number of halogens is 1. The van der Waals surface area contributed by atoms with Crippen molar-refractivity contribution in [2.24, 2.45) is 0 Å². The second-order valence-corrected chi connectivity index (χ2v) is 10.7. The molecule has 210 valence electrons. The Hall–Kier alpha value is -3.59. The van der Waals surface area contributed by atoms with Crippen LogP contribution in [0, 0.1) is 17.1 Å². The highest BCUT2D eigenvalue weighted by Crippen LogP contribution is 2.31. The fraction of sp³-hybridized carbons (Fsp3) is 0.517. The van der Waals surface area contributed by atoms with Gasteiger partial charge >= 0.3 is 5.69 Å². The van der Waals surface area contributed by atoms with Crippen molar-refractivity contribution >= 4 is 5.95 Å². The van der Waals surface area contributed by atoms with Crippen LogP contribution < -0.4 is 11.0 Å². The van der Waals surface area contributed by atoms with Gasteiger partial charge in [0.05, 0.1) is 24.6 Å². The molecular weight excluding hydrogens is 513 g/mol. The van der Waals surface area contributed by atoms with Gasteiger partial charge in [-0.2, -0.15) is 5.26 Å². The third-order valence-electron chi connectivity index (χ3n) is 8.32. The van der Waals surface area contributed by atoms with Gasteiger partial charge in [-0.25, -0.2) is 19.2 Å². The van der Waals surface area contributed by atoms with Crippen LogP contribution in [0.4, 0.5) is 10.3 Å². The van der Waals surface area contributed by atoms with Crippen LogP contribution >= 0.6 is 0 Å². The van der Waals surface area contributed by atoms with Crippen molar-refractivity contribution in [2.75, 3.05) is 44.8 Å². The summed E-state index contributed by atoms with van der Waals surface area (Å²) in [6.07, 6.45) is 7.15. The van der Waals surface area contributed by atoms with Crippen molar-refractivity contribution in [3.63, 3.8) is 0 Å². The Morgan fingerprint density at radius 1 is 0.925 bits per heavy atom. The number of benzene rings is 1. The van der Waals surface area contributed by atoms with Gasteiger partial charge < -0.3 is 14.8 Å². The van der Waals surface area contributed by atoms with Crippen molar-refractivity contribution < 1.29 is 13.9 Å². The summed E-state index contributed by atoms with van der Waals surface area (Å²) >= 11 is 0. The summed E-state index contributed by atoms with van der Waals surface area (Å²) < 4.78 is 27.8. The zero-order valence-electron chi connectivity index (χ0n) is 22.5. The molecule has 1 aromatic carbocycles. The van der Waals surface area contributed by atoms with Gasteiger partial charge in [-0.3, -0.25) is 14.0 Å². The summed E-state index contributed by atoms with van der Waals surface area (Å²) in [5, 5.41) is 13.8. The monoisotopic (exact) mass is 547 g/mol. The molecule has 2 aromatic heterocycles. The van der Waals surface area contributed by atoms with E-state index in [1.54, 1.807) is 29.0 Å². The molecule has 1 N–H and O–H groups in total. The van der Waals surface area contributed by atoms with Crippen molar-refractivity contribution in [2.45, 2.75) is 56.7 Å². The van der Waals surface area contributed by atoms with Gasteiger partial charge in [0.2, 0.25) is 5.95 Å². The molecule has 0 unspecified atom stereocenters. The lowest BCUT2D eigenvalue weighted by Gasteiger charge is -2.38. The third-order valence-corrected chi connectivity index (χ3v) is 8.32. The molecule has 1 aliphatic carbocycles. The number of rotatable bonds is 6. The minimum Gasteiger partial charge on any atom is -0.381 e. The summed E-state index contributed by atoms with van der Waals surface area (Å²) in [7, 11) is 0. The van der Waals surface area contributed by atoms with Crippen LogP contribution in [0.25, 0.3) is 17.1 Å². The zero-order chi connectivity index (χ0) is 27.5. The average molecular weight is 548 g/mol. The van der Waals surface area contributed by atoms with E-state index in [1.807, 2.05) is 0 Å². The Balaban J connectivity index is 1.31. The lowest BCUT2D eigenvalue weighted by atomic mass is 9.90. The molecule has 3 fully saturated rings. The zero-order valence-corrected chi connectivity index (χ0v) is 22.5. The quantitative estimate of drug-likeness (QED) is 0.499. The number of morpholine rings is 1. The fourth-order valence-corrected chi connectivity index (χ4v) is 6.24. The number of nitriles is 1. The molecule has 40 heavy (non-hydrogen) atoms. The third kappa shape index (κ3) is 5.39. The molecule has 6 rings (SSSR count). The first-order valence-electron chi connectivity index (χ1n) is 14.1. The first-order valence-corrected chi connectivity index (χ1v) is 14.1. The molecule has 0 radical (unpaired) electrons. The first-order chi connectivity index (χ1) is 19.6. The van der Waals surface area contributed by atoms with E-state index in [4.69, 9.17) is 14.5 Å². The Bertz CT molecular complexity index is 1410. The van der Waals surface area contributed by atoms with Crippen LogP contribution in [0.1, 0.15) is 50.3 Å². The lowest BCUT2D eigenvalue weighted by molar-refractivity contribution is 0.00790. The standard InChI is InChI=1S/C29H34FN7O3/c30-20-1-5-23(6-2-20)37-27(26(19-31)36(29(37)38)24-10-15-39-16-11-24)25-9-12-32-28(34-25)33-21-3-7-22(8-4-21)35-13-17-40-18-14-35/h1-2,5-6,9,12,21-22,24H,3-4,7-8,10-11,13-18H2,(H,32,33,34). The Kier molecular flexibility index (Phi) is 7.91. The van der Waals surface area contributed by atoms with Crippen LogP contribution in [0.3, 0.4) is 0 Å². The molecule has 2 saturated heterocycles. The van der Waals surface area contributed by atoms with Crippen LogP contribution in [-0.4, -0.2) is 75.6 Å². The maximum absolute atomic E-state index is 13.9. The summed E-state index contributed by atoms with van der Waals surface area (Å²) in [6, 6.07) is 10.4. The number of imidazole rings is 1. The van der Waals surface area contributed by atoms with Crippen LogP contribution in [0.2, 0.25) is 0 Å². The SMILES string of the molecule is N#Cc1c(-c2ccnc(NC3CCC(N4CCOCC4)CC3)n2)n(-c2ccc(F)cc2)c(=O)n1C1CCOCC1. The number of ether oxygens (including phenoxy) is 2. The summed E-state index contributed by atoms with van der Waals surface area (Å²) in [5.74, 6) is 0.0627. The molecule has 1 saturated carbocycles. The van der Waals surface area contributed by atoms with Gasteiger partial charge in [-0.15, -0.1) is 0 Å². The summed E-state index contributed by atoms with van der Waals surface area (Å²) in [4.78, 5) is 25.6.